The van der Waals surface area contributed by atoms with Gasteiger partial charge in [0, 0.05) is 13.5 Å². The molecule has 2 heteroatoms. The Kier molecular flexibility index (Phi) is 2.21. The van der Waals surface area contributed by atoms with Gasteiger partial charge >= 0.3 is 0 Å². The molecule has 1 atom stereocenters. The summed E-state index contributed by atoms with van der Waals surface area (Å²) in [6.07, 6.45) is 8.28. The molecule has 72 valence electrons. The van der Waals surface area contributed by atoms with Gasteiger partial charge in [-0.05, 0) is 30.8 Å². The summed E-state index contributed by atoms with van der Waals surface area (Å²) in [5.41, 5.74) is 2.41. The van der Waals surface area contributed by atoms with Crippen LogP contribution >= 0.6 is 0 Å². The molecule has 2 aliphatic rings. The highest BCUT2D eigenvalue weighted by Crippen LogP contribution is 2.26. The molecule has 1 N–H and O–H groups in total. The molecule has 0 aromatic carbocycles. The number of nitrogens with one attached hydrogen (secondary N) is 1. The van der Waals surface area contributed by atoms with E-state index in [0.29, 0.717) is 12.3 Å². The van der Waals surface area contributed by atoms with Crippen molar-refractivity contribution < 1.29 is 6.22 Å². The van der Waals surface area contributed by atoms with E-state index in [1.807, 2.05) is 0 Å². The van der Waals surface area contributed by atoms with Gasteiger partial charge in [0.25, 0.3) is 0 Å². The van der Waals surface area contributed by atoms with E-state index in [0.717, 1.165) is 25.0 Å². The van der Waals surface area contributed by atoms with Gasteiger partial charge in [0.2, 0.25) is 5.91 Å². The lowest BCUT2D eigenvalue weighted by atomic mass is 9.94. The number of carbonyl (C=O) groups is 1. The number of fused-ring (bicyclic) bond motifs is 1. The van der Waals surface area contributed by atoms with Crippen molar-refractivity contribution in [3.8, 4) is 0 Å². The van der Waals surface area contributed by atoms with E-state index < -0.39 is 0 Å². The first kappa shape index (κ1) is 8.54. The molecule has 1 heterocycles. The third-order valence-electron chi connectivity index (χ3n) is 2.66. The highest BCUT2D eigenvalue weighted by molar-refractivity contribution is 5.79. The molecule has 2 rings (SSSR count). The van der Waals surface area contributed by atoms with Gasteiger partial charge < -0.3 is 5.32 Å². The van der Waals surface area contributed by atoms with Crippen molar-refractivity contribution in [3.05, 3.63) is 23.4 Å². The lowest BCUT2D eigenvalue weighted by Crippen LogP contribution is -2.22. The Balaban J connectivity index is 0.000000980. The Labute approximate surface area is 80.2 Å². The predicted molar refractivity (Wildman–Crippen MR) is 54.1 cm³/mol. The fraction of sp³-hybridized carbons (Fsp3) is 0.545. The van der Waals surface area contributed by atoms with Crippen molar-refractivity contribution in [1.29, 1.82) is 0 Å². The third kappa shape index (κ3) is 1.82. The molecule has 0 bridgehead atoms. The molecule has 1 saturated heterocycles. The molecule has 0 radical (unpaired) electrons. The number of hydrogen-bond donors (Lipinski definition) is 1. The SMILES string of the molecule is CC1C=C2NC(=O)CCCC2=CC1.[HH]. The number of rotatable bonds is 0. The van der Waals surface area contributed by atoms with Crippen molar-refractivity contribution >= 4 is 5.91 Å². The summed E-state index contributed by atoms with van der Waals surface area (Å²) in [4.78, 5) is 11.3. The van der Waals surface area contributed by atoms with Gasteiger partial charge in [-0.2, -0.15) is 0 Å². The Morgan fingerprint density at radius 2 is 2.38 bits per heavy atom. The van der Waals surface area contributed by atoms with Gasteiger partial charge in [0.05, 0.1) is 0 Å². The first-order valence-electron chi connectivity index (χ1n) is 4.97. The number of carbonyl (C=O) groups excluding carboxylic acids is 1. The minimum absolute atomic E-state index is 0. The highest BCUT2D eigenvalue weighted by Gasteiger charge is 2.18. The maximum Gasteiger partial charge on any atom is 0.224 e. The Morgan fingerprint density at radius 3 is 3.23 bits per heavy atom. The van der Waals surface area contributed by atoms with Crippen LogP contribution in [0.5, 0.6) is 0 Å². The number of hydrogen-bond acceptors (Lipinski definition) is 1. The molecule has 1 unspecified atom stereocenters. The maximum absolute atomic E-state index is 11.3. The van der Waals surface area contributed by atoms with Crippen LogP contribution in [0, 0.1) is 5.92 Å². The first-order chi connectivity index (χ1) is 6.25. The van der Waals surface area contributed by atoms with Gasteiger partial charge in [0.1, 0.15) is 0 Å². The van der Waals surface area contributed by atoms with Crippen LogP contribution in [-0.2, 0) is 4.79 Å². The molecular weight excluding hydrogens is 162 g/mol. The Bertz CT molecular complexity index is 294. The Hall–Kier alpha value is -1.05. The molecular formula is C11H17NO. The average molecular weight is 179 g/mol. The van der Waals surface area contributed by atoms with Crippen LogP contribution < -0.4 is 5.32 Å². The average Bonchev–Trinajstić information content (AvgIpc) is 2.25. The van der Waals surface area contributed by atoms with Gasteiger partial charge in [0.15, 0.2) is 0 Å². The maximum atomic E-state index is 11.3. The van der Waals surface area contributed by atoms with E-state index in [2.05, 4.69) is 24.4 Å². The second-order valence-corrected chi connectivity index (χ2v) is 3.92. The van der Waals surface area contributed by atoms with Crippen LogP contribution in [0.4, 0.5) is 0 Å². The van der Waals surface area contributed by atoms with Crippen molar-refractivity contribution in [2.24, 2.45) is 5.92 Å². The lowest BCUT2D eigenvalue weighted by molar-refractivity contribution is -0.120. The Morgan fingerprint density at radius 1 is 1.54 bits per heavy atom. The molecule has 1 amide bonds. The summed E-state index contributed by atoms with van der Waals surface area (Å²) in [5, 5.41) is 2.97. The molecule has 0 spiro atoms. The van der Waals surface area contributed by atoms with Crippen LogP contribution in [0.2, 0.25) is 0 Å². The minimum Gasteiger partial charge on any atom is -0.326 e. The number of allylic oxidation sites excluding steroid dienone is 3. The van der Waals surface area contributed by atoms with Crippen LogP contribution in [0.1, 0.15) is 34.0 Å². The summed E-state index contributed by atoms with van der Waals surface area (Å²) in [6.45, 7) is 2.18. The zero-order valence-corrected chi connectivity index (χ0v) is 7.97. The fourth-order valence-corrected chi connectivity index (χ4v) is 1.91. The first-order valence-corrected chi connectivity index (χ1v) is 4.97. The van der Waals surface area contributed by atoms with Crippen LogP contribution in [0.25, 0.3) is 0 Å². The highest BCUT2D eigenvalue weighted by atomic mass is 16.1. The quantitative estimate of drug-likeness (QED) is 0.607. The van der Waals surface area contributed by atoms with Crippen molar-refractivity contribution in [2.45, 2.75) is 32.6 Å². The third-order valence-corrected chi connectivity index (χ3v) is 2.66. The van der Waals surface area contributed by atoms with E-state index in [1.54, 1.807) is 0 Å². The van der Waals surface area contributed by atoms with Gasteiger partial charge in [-0.1, -0.05) is 19.1 Å². The number of amides is 1. The fourth-order valence-electron chi connectivity index (χ4n) is 1.91. The molecule has 1 fully saturated rings. The molecule has 13 heavy (non-hydrogen) atoms. The summed E-state index contributed by atoms with van der Waals surface area (Å²) < 4.78 is 0. The predicted octanol–water partition coefficient (Wildman–Crippen LogP) is 2.38. The molecule has 0 aromatic rings. The van der Waals surface area contributed by atoms with Crippen LogP contribution in [0.15, 0.2) is 23.4 Å². The topological polar surface area (TPSA) is 29.1 Å². The lowest BCUT2D eigenvalue weighted by Gasteiger charge is -2.17. The van der Waals surface area contributed by atoms with E-state index in [9.17, 15) is 4.79 Å². The molecule has 1 aliphatic heterocycles. The van der Waals surface area contributed by atoms with E-state index >= 15 is 0 Å². The second kappa shape index (κ2) is 3.36. The second-order valence-electron chi connectivity index (χ2n) is 3.92. The van der Waals surface area contributed by atoms with E-state index in [4.69, 9.17) is 0 Å². The van der Waals surface area contributed by atoms with E-state index in [1.165, 1.54) is 5.57 Å². The molecule has 0 saturated carbocycles. The monoisotopic (exact) mass is 179 g/mol. The van der Waals surface area contributed by atoms with Gasteiger partial charge in [-0.15, -0.1) is 0 Å². The summed E-state index contributed by atoms with van der Waals surface area (Å²) in [5.74, 6) is 0.737. The molecule has 1 aliphatic carbocycles. The van der Waals surface area contributed by atoms with E-state index in [-0.39, 0.29) is 7.33 Å². The van der Waals surface area contributed by atoms with Crippen LogP contribution in [-0.4, -0.2) is 5.91 Å². The summed E-state index contributed by atoms with van der Waals surface area (Å²) >= 11 is 0. The van der Waals surface area contributed by atoms with Crippen molar-refractivity contribution in [3.63, 3.8) is 0 Å². The van der Waals surface area contributed by atoms with Gasteiger partial charge in [-0.25, -0.2) is 0 Å². The normalized spacial score (nSPS) is 28.1. The smallest absolute Gasteiger partial charge is 0.224 e. The van der Waals surface area contributed by atoms with Crippen molar-refractivity contribution in [2.75, 3.05) is 0 Å². The summed E-state index contributed by atoms with van der Waals surface area (Å²) in [6, 6.07) is 0. The summed E-state index contributed by atoms with van der Waals surface area (Å²) in [7, 11) is 0. The van der Waals surface area contributed by atoms with Crippen molar-refractivity contribution in [1.82, 2.24) is 5.32 Å². The van der Waals surface area contributed by atoms with Crippen LogP contribution in [0.3, 0.4) is 0 Å². The zero-order valence-electron chi connectivity index (χ0n) is 7.97. The largest absolute Gasteiger partial charge is 0.326 e. The zero-order chi connectivity index (χ0) is 9.26. The van der Waals surface area contributed by atoms with Gasteiger partial charge in [-0.3, -0.25) is 4.79 Å². The molecule has 2 nitrogen and oxygen atoms in total. The minimum atomic E-state index is 0. The standard InChI is InChI=1S/C11H15NO.H2/c1-8-5-6-9-3-2-4-11(13)12-10(9)7-8;/h6-8H,2-5H2,1H3,(H,12,13);1H. The molecule has 0 aromatic heterocycles.